The molecule has 0 heterocycles. The standard InChI is InChI=1S/C15H12BrFO2/c1-10(19-14-8-4-12(16)5-9-14)15(18)11-2-6-13(17)7-3-11/h2-10H,1H3/t10-/m0/s1. The normalized spacial score (nSPS) is 11.9. The van der Waals surface area contributed by atoms with Gasteiger partial charge in [-0.2, -0.15) is 0 Å². The first-order valence-electron chi connectivity index (χ1n) is 5.78. The first-order valence-corrected chi connectivity index (χ1v) is 6.57. The predicted octanol–water partition coefficient (Wildman–Crippen LogP) is 4.24. The summed E-state index contributed by atoms with van der Waals surface area (Å²) in [5.41, 5.74) is 0.436. The maximum atomic E-state index is 12.8. The Morgan fingerprint density at radius 1 is 1.11 bits per heavy atom. The molecule has 0 aromatic heterocycles. The molecule has 0 bridgehead atoms. The third kappa shape index (κ3) is 3.64. The summed E-state index contributed by atoms with van der Waals surface area (Å²) in [4.78, 5) is 12.1. The van der Waals surface area contributed by atoms with Gasteiger partial charge in [0.2, 0.25) is 5.78 Å². The molecule has 0 fully saturated rings. The van der Waals surface area contributed by atoms with Crippen molar-refractivity contribution in [1.29, 1.82) is 0 Å². The average Bonchev–Trinajstić information content (AvgIpc) is 2.41. The van der Waals surface area contributed by atoms with E-state index >= 15 is 0 Å². The number of carbonyl (C=O) groups is 1. The van der Waals surface area contributed by atoms with E-state index in [9.17, 15) is 9.18 Å². The lowest BCUT2D eigenvalue weighted by atomic mass is 10.1. The van der Waals surface area contributed by atoms with Gasteiger partial charge in [-0.3, -0.25) is 4.79 Å². The zero-order chi connectivity index (χ0) is 13.8. The third-order valence-corrected chi connectivity index (χ3v) is 3.15. The van der Waals surface area contributed by atoms with Crippen LogP contribution in [0.2, 0.25) is 0 Å². The summed E-state index contributed by atoms with van der Waals surface area (Å²) in [6.45, 7) is 1.67. The largest absolute Gasteiger partial charge is 0.483 e. The van der Waals surface area contributed by atoms with Gasteiger partial charge in [0, 0.05) is 10.0 Å². The first-order chi connectivity index (χ1) is 9.06. The molecule has 4 heteroatoms. The molecule has 0 amide bonds. The number of benzene rings is 2. The summed E-state index contributed by atoms with van der Waals surface area (Å²) in [5.74, 6) is 0.0760. The fraction of sp³-hybridized carbons (Fsp3) is 0.133. The molecular weight excluding hydrogens is 311 g/mol. The number of hydrogen-bond donors (Lipinski definition) is 0. The Morgan fingerprint density at radius 2 is 1.68 bits per heavy atom. The number of ketones is 1. The molecule has 0 aliphatic heterocycles. The molecule has 98 valence electrons. The van der Waals surface area contributed by atoms with Crippen molar-refractivity contribution in [3.63, 3.8) is 0 Å². The van der Waals surface area contributed by atoms with Crippen LogP contribution in [0.5, 0.6) is 5.75 Å². The van der Waals surface area contributed by atoms with Crippen molar-refractivity contribution in [1.82, 2.24) is 0 Å². The van der Waals surface area contributed by atoms with Crippen LogP contribution < -0.4 is 4.74 Å². The molecule has 19 heavy (non-hydrogen) atoms. The van der Waals surface area contributed by atoms with Gasteiger partial charge in [0.05, 0.1) is 0 Å². The van der Waals surface area contributed by atoms with Crippen molar-refractivity contribution < 1.29 is 13.9 Å². The van der Waals surface area contributed by atoms with Crippen LogP contribution in [0.25, 0.3) is 0 Å². The van der Waals surface area contributed by atoms with E-state index in [1.807, 2.05) is 12.1 Å². The van der Waals surface area contributed by atoms with Gasteiger partial charge in [0.15, 0.2) is 6.10 Å². The van der Waals surface area contributed by atoms with Crippen molar-refractivity contribution in [2.24, 2.45) is 0 Å². The van der Waals surface area contributed by atoms with Crippen LogP contribution in [0.1, 0.15) is 17.3 Å². The molecule has 2 aromatic rings. The van der Waals surface area contributed by atoms with Crippen molar-refractivity contribution in [2.75, 3.05) is 0 Å². The molecule has 2 aromatic carbocycles. The molecule has 0 saturated carbocycles. The summed E-state index contributed by atoms with van der Waals surface area (Å²) in [7, 11) is 0. The number of carbonyl (C=O) groups excluding carboxylic acids is 1. The summed E-state index contributed by atoms with van der Waals surface area (Å²) in [6, 6.07) is 12.7. The van der Waals surface area contributed by atoms with E-state index in [1.165, 1.54) is 24.3 Å². The molecule has 0 aliphatic rings. The van der Waals surface area contributed by atoms with Crippen LogP contribution in [0, 0.1) is 5.82 Å². The third-order valence-electron chi connectivity index (χ3n) is 2.62. The Bertz CT molecular complexity index is 564. The minimum absolute atomic E-state index is 0.178. The van der Waals surface area contributed by atoms with E-state index in [-0.39, 0.29) is 11.6 Å². The van der Waals surface area contributed by atoms with E-state index < -0.39 is 6.10 Å². The molecule has 2 rings (SSSR count). The molecule has 0 saturated heterocycles. The lowest BCUT2D eigenvalue weighted by Gasteiger charge is -2.13. The number of ether oxygens (including phenoxy) is 1. The summed E-state index contributed by atoms with van der Waals surface area (Å²) < 4.78 is 19.3. The molecule has 0 aliphatic carbocycles. The molecule has 1 atom stereocenters. The fourth-order valence-electron chi connectivity index (χ4n) is 1.62. The van der Waals surface area contributed by atoms with E-state index in [1.54, 1.807) is 19.1 Å². The van der Waals surface area contributed by atoms with Crippen molar-refractivity contribution in [2.45, 2.75) is 13.0 Å². The lowest BCUT2D eigenvalue weighted by Crippen LogP contribution is -2.23. The van der Waals surface area contributed by atoms with Gasteiger partial charge in [-0.25, -0.2) is 4.39 Å². The zero-order valence-electron chi connectivity index (χ0n) is 10.3. The topological polar surface area (TPSA) is 26.3 Å². The first kappa shape index (κ1) is 13.7. The SMILES string of the molecule is C[C@H](Oc1ccc(Br)cc1)C(=O)c1ccc(F)cc1. The monoisotopic (exact) mass is 322 g/mol. The maximum Gasteiger partial charge on any atom is 0.202 e. The van der Waals surface area contributed by atoms with Gasteiger partial charge in [-0.05, 0) is 55.5 Å². The van der Waals surface area contributed by atoms with Crippen molar-refractivity contribution in [3.05, 3.63) is 64.4 Å². The van der Waals surface area contributed by atoms with Crippen LogP contribution in [-0.4, -0.2) is 11.9 Å². The van der Waals surface area contributed by atoms with Gasteiger partial charge < -0.3 is 4.74 Å². The highest BCUT2D eigenvalue weighted by molar-refractivity contribution is 9.10. The minimum atomic E-state index is -0.619. The minimum Gasteiger partial charge on any atom is -0.483 e. The predicted molar refractivity (Wildman–Crippen MR) is 75.0 cm³/mol. The molecule has 0 spiro atoms. The van der Waals surface area contributed by atoms with Gasteiger partial charge in [0.1, 0.15) is 11.6 Å². The maximum absolute atomic E-state index is 12.8. The Kier molecular flexibility index (Phi) is 4.32. The van der Waals surface area contributed by atoms with E-state index in [2.05, 4.69) is 15.9 Å². The van der Waals surface area contributed by atoms with Crippen LogP contribution in [0.15, 0.2) is 53.0 Å². The zero-order valence-corrected chi connectivity index (χ0v) is 11.9. The van der Waals surface area contributed by atoms with Crippen LogP contribution >= 0.6 is 15.9 Å². The quantitative estimate of drug-likeness (QED) is 0.787. The highest BCUT2D eigenvalue weighted by Crippen LogP contribution is 2.18. The molecular formula is C15H12BrFO2. The summed E-state index contributed by atoms with van der Waals surface area (Å²) in [5, 5.41) is 0. The molecule has 0 N–H and O–H groups in total. The van der Waals surface area contributed by atoms with E-state index in [0.29, 0.717) is 11.3 Å². The lowest BCUT2D eigenvalue weighted by molar-refractivity contribution is 0.0818. The van der Waals surface area contributed by atoms with E-state index in [4.69, 9.17) is 4.74 Å². The van der Waals surface area contributed by atoms with Gasteiger partial charge >= 0.3 is 0 Å². The highest BCUT2D eigenvalue weighted by atomic mass is 79.9. The van der Waals surface area contributed by atoms with E-state index in [0.717, 1.165) is 4.47 Å². The molecule has 2 nitrogen and oxygen atoms in total. The Labute approximate surface area is 119 Å². The fourth-order valence-corrected chi connectivity index (χ4v) is 1.88. The number of hydrogen-bond acceptors (Lipinski definition) is 2. The average molecular weight is 323 g/mol. The van der Waals surface area contributed by atoms with Gasteiger partial charge in [-0.1, -0.05) is 15.9 Å². The van der Waals surface area contributed by atoms with Gasteiger partial charge in [0.25, 0.3) is 0 Å². The Hall–Kier alpha value is -1.68. The smallest absolute Gasteiger partial charge is 0.202 e. The Balaban J connectivity index is 2.07. The Morgan fingerprint density at radius 3 is 2.26 bits per heavy atom. The van der Waals surface area contributed by atoms with Crippen LogP contribution in [0.3, 0.4) is 0 Å². The molecule has 0 radical (unpaired) electrons. The van der Waals surface area contributed by atoms with Crippen LogP contribution in [-0.2, 0) is 0 Å². The van der Waals surface area contributed by atoms with Crippen molar-refractivity contribution in [3.8, 4) is 5.75 Å². The molecule has 0 unspecified atom stereocenters. The summed E-state index contributed by atoms with van der Waals surface area (Å²) >= 11 is 3.33. The second-order valence-electron chi connectivity index (χ2n) is 4.09. The van der Waals surface area contributed by atoms with Crippen LogP contribution in [0.4, 0.5) is 4.39 Å². The number of rotatable bonds is 4. The second-order valence-corrected chi connectivity index (χ2v) is 5.00. The number of halogens is 2. The second kappa shape index (κ2) is 5.97. The van der Waals surface area contributed by atoms with Crippen molar-refractivity contribution >= 4 is 21.7 Å². The summed E-state index contributed by atoms with van der Waals surface area (Å²) in [6.07, 6.45) is -0.619. The number of Topliss-reactive ketones (excluding diaryl/α,β-unsaturated/α-hetero) is 1. The highest BCUT2D eigenvalue weighted by Gasteiger charge is 2.16. The van der Waals surface area contributed by atoms with Gasteiger partial charge in [-0.15, -0.1) is 0 Å².